The summed E-state index contributed by atoms with van der Waals surface area (Å²) in [6, 6.07) is 11.2. The largest absolute Gasteiger partial charge is 0.380 e. The minimum absolute atomic E-state index is 0.545. The van der Waals surface area contributed by atoms with Crippen LogP contribution in [-0.2, 0) is 4.74 Å². The zero-order chi connectivity index (χ0) is 16.8. The molecule has 1 rings (SSSR count). The van der Waals surface area contributed by atoms with Crippen LogP contribution in [0, 0.1) is 0 Å². The predicted octanol–water partition coefficient (Wildman–Crippen LogP) is 2.31. The Bertz CT molecular complexity index is 378. The highest BCUT2D eigenvalue weighted by atomic mass is 32.2. The summed E-state index contributed by atoms with van der Waals surface area (Å²) >= 11 is 1.92. The summed E-state index contributed by atoms with van der Waals surface area (Å²) in [7, 11) is 4.20. The van der Waals surface area contributed by atoms with Crippen LogP contribution in [0.3, 0.4) is 0 Å². The van der Waals surface area contributed by atoms with Gasteiger partial charge in [-0.1, -0.05) is 18.2 Å². The van der Waals surface area contributed by atoms with E-state index >= 15 is 0 Å². The van der Waals surface area contributed by atoms with Crippen LogP contribution in [0.4, 0.5) is 0 Å². The van der Waals surface area contributed by atoms with Crippen molar-refractivity contribution in [3.05, 3.63) is 30.3 Å². The van der Waals surface area contributed by atoms with Gasteiger partial charge in [0.05, 0.1) is 6.61 Å². The van der Waals surface area contributed by atoms with Gasteiger partial charge in [-0.2, -0.15) is 0 Å². The number of hydrogen-bond donors (Lipinski definition) is 2. The molecule has 132 valence electrons. The van der Waals surface area contributed by atoms with Gasteiger partial charge < -0.3 is 20.3 Å². The van der Waals surface area contributed by atoms with E-state index in [0.717, 1.165) is 51.6 Å². The number of thioether (sulfide) groups is 1. The van der Waals surface area contributed by atoms with Crippen molar-refractivity contribution >= 4 is 11.8 Å². The van der Waals surface area contributed by atoms with Crippen LogP contribution in [0.15, 0.2) is 35.2 Å². The first-order valence-electron chi connectivity index (χ1n) is 8.58. The summed E-state index contributed by atoms with van der Waals surface area (Å²) in [6.07, 6.45) is 1.15. The molecular formula is C18H33N3OS. The summed E-state index contributed by atoms with van der Waals surface area (Å²) in [5.74, 6) is 1.11. The molecule has 0 heterocycles. The number of rotatable bonds is 14. The van der Waals surface area contributed by atoms with E-state index in [2.05, 4.69) is 60.0 Å². The number of nitrogens with one attached hydrogen (secondary N) is 2. The van der Waals surface area contributed by atoms with Crippen LogP contribution in [0.2, 0.25) is 0 Å². The quantitative estimate of drug-likeness (QED) is 0.402. The number of benzene rings is 1. The van der Waals surface area contributed by atoms with Gasteiger partial charge >= 0.3 is 0 Å². The average molecular weight is 340 g/mol. The monoisotopic (exact) mass is 339 g/mol. The lowest BCUT2D eigenvalue weighted by Crippen LogP contribution is -2.35. The van der Waals surface area contributed by atoms with Gasteiger partial charge in [0.15, 0.2) is 0 Å². The Labute approximate surface area is 146 Å². The van der Waals surface area contributed by atoms with Crippen molar-refractivity contribution in [3.8, 4) is 0 Å². The maximum Gasteiger partial charge on any atom is 0.0593 e. The molecule has 5 heteroatoms. The van der Waals surface area contributed by atoms with E-state index in [-0.39, 0.29) is 0 Å². The molecule has 0 radical (unpaired) electrons. The summed E-state index contributed by atoms with van der Waals surface area (Å²) < 4.78 is 5.37. The van der Waals surface area contributed by atoms with Crippen LogP contribution >= 0.6 is 11.8 Å². The predicted molar refractivity (Wildman–Crippen MR) is 101 cm³/mol. The molecule has 0 fully saturated rings. The molecule has 1 atom stereocenters. The third-order valence-electron chi connectivity index (χ3n) is 3.76. The second kappa shape index (κ2) is 13.8. The molecule has 0 spiro atoms. The van der Waals surface area contributed by atoms with E-state index in [9.17, 15) is 0 Å². The van der Waals surface area contributed by atoms with Gasteiger partial charge in [0.25, 0.3) is 0 Å². The Balaban J connectivity index is 2.04. The Hall–Kier alpha value is -0.590. The first-order valence-corrected chi connectivity index (χ1v) is 9.57. The van der Waals surface area contributed by atoms with Crippen molar-refractivity contribution in [1.29, 1.82) is 0 Å². The van der Waals surface area contributed by atoms with E-state index in [1.54, 1.807) is 0 Å². The molecule has 23 heavy (non-hydrogen) atoms. The highest BCUT2D eigenvalue weighted by Gasteiger charge is 2.06. The number of ether oxygens (including phenoxy) is 1. The van der Waals surface area contributed by atoms with Crippen molar-refractivity contribution < 1.29 is 4.74 Å². The fraction of sp³-hybridized carbons (Fsp3) is 0.667. The van der Waals surface area contributed by atoms with Crippen molar-refractivity contribution in [3.63, 3.8) is 0 Å². The Morgan fingerprint density at radius 3 is 2.65 bits per heavy atom. The highest BCUT2D eigenvalue weighted by Crippen LogP contribution is 2.18. The molecule has 0 aliphatic rings. The van der Waals surface area contributed by atoms with Crippen LogP contribution in [0.1, 0.15) is 13.3 Å². The van der Waals surface area contributed by atoms with Gasteiger partial charge in [0, 0.05) is 42.9 Å². The van der Waals surface area contributed by atoms with E-state index in [1.165, 1.54) is 4.90 Å². The van der Waals surface area contributed by atoms with Crippen LogP contribution in [0.25, 0.3) is 0 Å². The Kier molecular flexibility index (Phi) is 12.3. The number of likely N-dealkylation sites (N-methyl/N-ethyl adjacent to an activating group) is 1. The third-order valence-corrected chi connectivity index (χ3v) is 4.94. The topological polar surface area (TPSA) is 36.5 Å². The SMILES string of the molecule is CCOCCN(C)CCNCC[C@H](CSc1ccccc1)NC. The molecule has 0 bridgehead atoms. The zero-order valence-electron chi connectivity index (χ0n) is 14.9. The maximum atomic E-state index is 5.37. The fourth-order valence-corrected chi connectivity index (χ4v) is 3.25. The Morgan fingerprint density at radius 1 is 1.17 bits per heavy atom. The van der Waals surface area contributed by atoms with Gasteiger partial charge in [-0.05, 0) is 46.1 Å². The van der Waals surface area contributed by atoms with E-state index in [1.807, 2.05) is 18.7 Å². The van der Waals surface area contributed by atoms with Gasteiger partial charge in [0.2, 0.25) is 0 Å². The summed E-state index contributed by atoms with van der Waals surface area (Å²) in [5, 5.41) is 6.96. The molecule has 0 aliphatic carbocycles. The van der Waals surface area contributed by atoms with E-state index < -0.39 is 0 Å². The van der Waals surface area contributed by atoms with Crippen LogP contribution in [-0.4, -0.2) is 70.2 Å². The van der Waals surface area contributed by atoms with Gasteiger partial charge in [-0.15, -0.1) is 11.8 Å². The first-order chi connectivity index (χ1) is 11.3. The van der Waals surface area contributed by atoms with E-state index in [4.69, 9.17) is 4.74 Å². The minimum atomic E-state index is 0.545. The molecule has 2 N–H and O–H groups in total. The lowest BCUT2D eigenvalue weighted by molar-refractivity contribution is 0.122. The normalized spacial score (nSPS) is 12.7. The molecule has 0 aromatic heterocycles. The first kappa shape index (κ1) is 20.5. The second-order valence-electron chi connectivity index (χ2n) is 5.65. The molecule has 0 amide bonds. The van der Waals surface area contributed by atoms with Crippen LogP contribution in [0.5, 0.6) is 0 Å². The average Bonchev–Trinajstić information content (AvgIpc) is 2.58. The third kappa shape index (κ3) is 10.7. The van der Waals surface area contributed by atoms with E-state index in [0.29, 0.717) is 6.04 Å². The highest BCUT2D eigenvalue weighted by molar-refractivity contribution is 7.99. The van der Waals surface area contributed by atoms with Gasteiger partial charge in [-0.25, -0.2) is 0 Å². The lowest BCUT2D eigenvalue weighted by Gasteiger charge is -2.18. The molecule has 0 saturated heterocycles. The van der Waals surface area contributed by atoms with Gasteiger partial charge in [0.1, 0.15) is 0 Å². The molecule has 1 aromatic rings. The Morgan fingerprint density at radius 2 is 1.96 bits per heavy atom. The van der Waals surface area contributed by atoms with Crippen LogP contribution < -0.4 is 10.6 Å². The number of hydrogen-bond acceptors (Lipinski definition) is 5. The molecule has 4 nitrogen and oxygen atoms in total. The van der Waals surface area contributed by atoms with Gasteiger partial charge in [-0.3, -0.25) is 0 Å². The fourth-order valence-electron chi connectivity index (χ4n) is 2.17. The van der Waals surface area contributed by atoms with Crippen molar-refractivity contribution in [1.82, 2.24) is 15.5 Å². The van der Waals surface area contributed by atoms with Crippen molar-refractivity contribution in [2.24, 2.45) is 0 Å². The molecule has 0 aliphatic heterocycles. The zero-order valence-corrected chi connectivity index (χ0v) is 15.7. The number of nitrogens with zero attached hydrogens (tertiary/aromatic N) is 1. The summed E-state index contributed by atoms with van der Waals surface area (Å²) in [6.45, 7) is 7.82. The standard InChI is InChI=1S/C18H33N3OS/c1-4-22-15-14-21(3)13-12-20-11-10-17(19-2)16-23-18-8-6-5-7-9-18/h5-9,17,19-20H,4,10-16H2,1-3H3/t17-/m1/s1. The van der Waals surface area contributed by atoms with Crippen molar-refractivity contribution in [2.75, 3.05) is 59.2 Å². The lowest BCUT2D eigenvalue weighted by atomic mass is 10.2. The maximum absolute atomic E-state index is 5.37. The van der Waals surface area contributed by atoms with Crippen molar-refractivity contribution in [2.45, 2.75) is 24.3 Å². The smallest absolute Gasteiger partial charge is 0.0593 e. The second-order valence-corrected chi connectivity index (χ2v) is 6.74. The molecule has 0 saturated carbocycles. The minimum Gasteiger partial charge on any atom is -0.380 e. The molecule has 0 unspecified atom stereocenters. The molecule has 1 aromatic carbocycles. The molecular weight excluding hydrogens is 306 g/mol. The summed E-state index contributed by atoms with van der Waals surface area (Å²) in [4.78, 5) is 3.65. The summed E-state index contributed by atoms with van der Waals surface area (Å²) in [5.41, 5.74) is 0.